The van der Waals surface area contributed by atoms with E-state index in [0.717, 1.165) is 23.7 Å². The van der Waals surface area contributed by atoms with Gasteiger partial charge in [0, 0.05) is 0 Å². The zero-order valence-corrected chi connectivity index (χ0v) is 20.1. The van der Waals surface area contributed by atoms with Gasteiger partial charge in [-0.3, -0.25) is 0 Å². The van der Waals surface area contributed by atoms with Crippen molar-refractivity contribution in [3.8, 4) is 0 Å². The molecular formula is C27H64. The summed E-state index contributed by atoms with van der Waals surface area (Å²) in [4.78, 5) is 0. The summed E-state index contributed by atoms with van der Waals surface area (Å²) in [6.45, 7) is 22.0. The summed E-state index contributed by atoms with van der Waals surface area (Å²) in [5.74, 6) is 3.98. The minimum atomic E-state index is 0. The third-order valence-corrected chi connectivity index (χ3v) is 5.49. The molecule has 0 aromatic carbocycles. The van der Waals surface area contributed by atoms with Gasteiger partial charge < -0.3 is 0 Å². The van der Waals surface area contributed by atoms with Gasteiger partial charge in [0.15, 0.2) is 0 Å². The van der Waals surface area contributed by atoms with Crippen molar-refractivity contribution in [1.82, 2.24) is 0 Å². The highest BCUT2D eigenvalue weighted by atomic mass is 14.3. The molecule has 1 aliphatic rings. The molecule has 172 valence electrons. The predicted molar refractivity (Wildman–Crippen MR) is 135 cm³/mol. The molecule has 1 aliphatic carbocycles. The maximum atomic E-state index is 2.42. The Balaban J connectivity index is -0.000000115. The van der Waals surface area contributed by atoms with E-state index in [1.807, 2.05) is 27.7 Å². The highest BCUT2D eigenvalue weighted by Crippen LogP contribution is 2.38. The Hall–Kier alpha value is 0. The first kappa shape index (κ1) is 37.7. The fourth-order valence-corrected chi connectivity index (χ4v) is 4.05. The van der Waals surface area contributed by atoms with Crippen LogP contribution in [-0.2, 0) is 0 Å². The fraction of sp³-hybridized carbons (Fsp3) is 1.00. The van der Waals surface area contributed by atoms with Gasteiger partial charge in [-0.1, -0.05) is 142 Å². The van der Waals surface area contributed by atoms with Crippen LogP contribution in [0.5, 0.6) is 0 Å². The molecule has 0 aliphatic heterocycles. The van der Waals surface area contributed by atoms with Crippen LogP contribution in [0.2, 0.25) is 0 Å². The van der Waals surface area contributed by atoms with Crippen LogP contribution in [0.4, 0.5) is 0 Å². The largest absolute Gasteiger partial charge is 0.0776 e. The average molecular weight is 389 g/mol. The molecular weight excluding hydrogens is 324 g/mol. The van der Waals surface area contributed by atoms with E-state index in [9.17, 15) is 0 Å². The van der Waals surface area contributed by atoms with Crippen molar-refractivity contribution in [2.45, 2.75) is 155 Å². The fourth-order valence-electron chi connectivity index (χ4n) is 4.05. The van der Waals surface area contributed by atoms with Crippen molar-refractivity contribution >= 4 is 0 Å². The molecule has 1 rings (SSSR count). The lowest BCUT2D eigenvalue weighted by Gasteiger charge is -2.27. The molecule has 0 radical (unpaired) electrons. The molecule has 0 heteroatoms. The van der Waals surface area contributed by atoms with Gasteiger partial charge in [0.05, 0.1) is 0 Å². The van der Waals surface area contributed by atoms with E-state index in [4.69, 9.17) is 0 Å². The molecule has 0 aromatic rings. The van der Waals surface area contributed by atoms with Crippen molar-refractivity contribution in [1.29, 1.82) is 0 Å². The second-order valence-electron chi connectivity index (χ2n) is 7.59. The SMILES string of the molecule is C.C.CC.CC.CCCC1CCC(CC)C(C(C)C)CC1.CCCCCC. The molecule has 1 fully saturated rings. The molecule has 3 atom stereocenters. The van der Waals surface area contributed by atoms with Gasteiger partial charge in [0.25, 0.3) is 0 Å². The van der Waals surface area contributed by atoms with Gasteiger partial charge in [-0.2, -0.15) is 0 Å². The van der Waals surface area contributed by atoms with Crippen LogP contribution in [0, 0.1) is 23.7 Å². The lowest BCUT2D eigenvalue weighted by atomic mass is 9.79. The van der Waals surface area contributed by atoms with Gasteiger partial charge in [0.1, 0.15) is 0 Å². The maximum absolute atomic E-state index is 2.42. The second kappa shape index (κ2) is 30.7. The number of unbranched alkanes of at least 4 members (excludes halogenated alkanes) is 3. The highest BCUT2D eigenvalue weighted by molar-refractivity contribution is 4.78. The van der Waals surface area contributed by atoms with E-state index < -0.39 is 0 Å². The summed E-state index contributed by atoms with van der Waals surface area (Å²) in [6, 6.07) is 0. The molecule has 3 unspecified atom stereocenters. The summed E-state index contributed by atoms with van der Waals surface area (Å²) in [5.41, 5.74) is 0. The van der Waals surface area contributed by atoms with Gasteiger partial charge in [-0.25, -0.2) is 0 Å². The lowest BCUT2D eigenvalue weighted by Crippen LogP contribution is -2.18. The Morgan fingerprint density at radius 2 is 1.11 bits per heavy atom. The Bertz CT molecular complexity index is 202. The summed E-state index contributed by atoms with van der Waals surface area (Å²) >= 11 is 0. The quantitative estimate of drug-likeness (QED) is 0.300. The smallest absolute Gasteiger partial charge is 0.0363 e. The van der Waals surface area contributed by atoms with Crippen molar-refractivity contribution in [2.75, 3.05) is 0 Å². The van der Waals surface area contributed by atoms with E-state index >= 15 is 0 Å². The molecule has 0 heterocycles. The van der Waals surface area contributed by atoms with Crippen LogP contribution in [-0.4, -0.2) is 0 Å². The van der Waals surface area contributed by atoms with E-state index in [0.29, 0.717) is 0 Å². The molecule has 0 spiro atoms. The monoisotopic (exact) mass is 389 g/mol. The number of hydrogen-bond acceptors (Lipinski definition) is 0. The van der Waals surface area contributed by atoms with Crippen molar-refractivity contribution < 1.29 is 0 Å². The Labute approximate surface area is 178 Å². The summed E-state index contributed by atoms with van der Waals surface area (Å²) in [6.07, 6.45) is 15.8. The molecule has 0 saturated heterocycles. The topological polar surface area (TPSA) is 0 Å². The zero-order chi connectivity index (χ0) is 20.1. The van der Waals surface area contributed by atoms with Crippen molar-refractivity contribution in [2.24, 2.45) is 23.7 Å². The lowest BCUT2D eigenvalue weighted by molar-refractivity contribution is 0.232. The van der Waals surface area contributed by atoms with E-state index in [1.165, 1.54) is 70.6 Å². The molecule has 0 bridgehead atoms. The Kier molecular flexibility index (Phi) is 42.9. The zero-order valence-electron chi connectivity index (χ0n) is 20.1. The first-order valence-corrected chi connectivity index (χ1v) is 12.1. The molecule has 0 aromatic heterocycles. The van der Waals surface area contributed by atoms with Crippen molar-refractivity contribution in [3.05, 3.63) is 0 Å². The third-order valence-electron chi connectivity index (χ3n) is 5.49. The summed E-state index contributed by atoms with van der Waals surface area (Å²) in [7, 11) is 0. The van der Waals surface area contributed by atoms with Crippen LogP contribution in [0.3, 0.4) is 0 Å². The summed E-state index contributed by atoms with van der Waals surface area (Å²) < 4.78 is 0. The first-order valence-electron chi connectivity index (χ1n) is 12.1. The van der Waals surface area contributed by atoms with E-state index in [-0.39, 0.29) is 14.9 Å². The standard InChI is InChI=1S/C15H30.C6H14.2C2H6.2CH4/c1-5-7-13-8-10-14(6-2)15(11-9-13)12(3)4;1-3-5-6-4-2;2*1-2;;/h12-15H,5-11H2,1-4H3;3-6H2,1-2H3;2*1-2H3;2*1H4. The van der Waals surface area contributed by atoms with Crippen LogP contribution in [0.15, 0.2) is 0 Å². The van der Waals surface area contributed by atoms with Crippen LogP contribution < -0.4 is 0 Å². The number of rotatable bonds is 7. The number of hydrogen-bond donors (Lipinski definition) is 0. The van der Waals surface area contributed by atoms with Crippen molar-refractivity contribution in [3.63, 3.8) is 0 Å². The molecule has 27 heavy (non-hydrogen) atoms. The average Bonchev–Trinajstić information content (AvgIpc) is 2.86. The predicted octanol–water partition coefficient (Wildman–Crippen LogP) is 11.2. The molecule has 0 amide bonds. The molecule has 0 nitrogen and oxygen atoms in total. The second-order valence-corrected chi connectivity index (χ2v) is 7.59. The minimum Gasteiger partial charge on any atom is -0.0776 e. The van der Waals surface area contributed by atoms with E-state index in [1.54, 1.807) is 0 Å². The molecule has 1 saturated carbocycles. The van der Waals surface area contributed by atoms with Crippen LogP contribution >= 0.6 is 0 Å². The van der Waals surface area contributed by atoms with Gasteiger partial charge in [-0.05, 0) is 36.5 Å². The van der Waals surface area contributed by atoms with E-state index in [2.05, 4.69) is 41.5 Å². The third kappa shape index (κ3) is 22.2. The van der Waals surface area contributed by atoms with Gasteiger partial charge >= 0.3 is 0 Å². The normalized spacial score (nSPS) is 20.8. The minimum absolute atomic E-state index is 0. The summed E-state index contributed by atoms with van der Waals surface area (Å²) in [5, 5.41) is 0. The van der Waals surface area contributed by atoms with Gasteiger partial charge in [-0.15, -0.1) is 0 Å². The first-order chi connectivity index (χ1) is 12.1. The maximum Gasteiger partial charge on any atom is -0.0363 e. The highest BCUT2D eigenvalue weighted by Gasteiger charge is 2.27. The molecule has 0 N–H and O–H groups in total. The van der Waals surface area contributed by atoms with Crippen LogP contribution in [0.25, 0.3) is 0 Å². The van der Waals surface area contributed by atoms with Gasteiger partial charge in [0.2, 0.25) is 0 Å². The Morgan fingerprint density at radius 3 is 1.44 bits per heavy atom. The van der Waals surface area contributed by atoms with Crippen LogP contribution in [0.1, 0.15) is 155 Å². The Morgan fingerprint density at radius 1 is 0.667 bits per heavy atom.